The van der Waals surface area contributed by atoms with Gasteiger partial charge in [0.15, 0.2) is 0 Å². The summed E-state index contributed by atoms with van der Waals surface area (Å²) in [6.07, 6.45) is 2.49. The lowest BCUT2D eigenvalue weighted by atomic mass is 9.76. The molecule has 0 bridgehead atoms. The Kier molecular flexibility index (Phi) is 8.46. The maximum absolute atomic E-state index is 15.3. The van der Waals surface area contributed by atoms with Crippen LogP contribution in [0.4, 0.5) is 64.1 Å². The summed E-state index contributed by atoms with van der Waals surface area (Å²) in [5, 5.41) is 0. The largest absolute Gasteiger partial charge is 0.398 e. The van der Waals surface area contributed by atoms with Gasteiger partial charge in [-0.15, -0.1) is 0 Å². The van der Waals surface area contributed by atoms with Crippen LogP contribution in [0.5, 0.6) is 0 Å². The van der Waals surface area contributed by atoms with E-state index < -0.39 is 58.5 Å². The first-order valence-electron chi connectivity index (χ1n) is 14.2. The zero-order valence-electron chi connectivity index (χ0n) is 23.8. The Morgan fingerprint density at radius 1 is 0.523 bits per heavy atom. The van der Waals surface area contributed by atoms with Crippen LogP contribution in [0, 0.1) is 0 Å². The molecule has 0 aliphatic heterocycles. The monoisotopic (exact) mass is 648 g/mol. The van der Waals surface area contributed by atoms with Crippen LogP contribution >= 0.6 is 0 Å². The average molecular weight is 649 g/mol. The predicted octanol–water partition coefficient (Wildman–Crippen LogP) is 9.94. The number of nitrogen functional groups attached to an aromatic ring is 2. The molecule has 2 aromatic rings. The van der Waals surface area contributed by atoms with Gasteiger partial charge in [0.25, 0.3) is 0 Å². The molecule has 2 nitrogen and oxygen atoms in total. The van der Waals surface area contributed by atoms with Crippen molar-refractivity contribution in [3.63, 3.8) is 0 Å². The Balaban J connectivity index is 1.80. The Labute approximate surface area is 246 Å². The van der Waals surface area contributed by atoms with Crippen LogP contribution in [0.15, 0.2) is 24.3 Å². The summed E-state index contributed by atoms with van der Waals surface area (Å²) in [5.74, 6) is -43.3. The van der Waals surface area contributed by atoms with Crippen molar-refractivity contribution >= 4 is 11.4 Å². The van der Waals surface area contributed by atoms with E-state index in [0.717, 1.165) is 0 Å². The van der Waals surface area contributed by atoms with Crippen molar-refractivity contribution in [3.8, 4) is 0 Å². The van der Waals surface area contributed by atoms with Gasteiger partial charge in [0.2, 0.25) is 0 Å². The first-order valence-corrected chi connectivity index (χ1v) is 14.2. The molecule has 0 atom stereocenters. The molecule has 0 aromatic heterocycles. The summed E-state index contributed by atoms with van der Waals surface area (Å²) in [7, 11) is 0. The third kappa shape index (κ3) is 4.71. The van der Waals surface area contributed by atoms with Crippen LogP contribution in [0.2, 0.25) is 0 Å². The van der Waals surface area contributed by atoms with Crippen molar-refractivity contribution in [2.75, 3.05) is 11.5 Å². The molecule has 4 N–H and O–H groups in total. The van der Waals surface area contributed by atoms with Gasteiger partial charge in [-0.05, 0) is 96.9 Å². The highest BCUT2D eigenvalue weighted by molar-refractivity contribution is 5.59. The van der Waals surface area contributed by atoms with E-state index in [9.17, 15) is 17.6 Å². The summed E-state index contributed by atoms with van der Waals surface area (Å²) in [6.45, 7) is 2.75. The smallest absolute Gasteiger partial charge is 0.385 e. The lowest BCUT2D eigenvalue weighted by molar-refractivity contribution is -0.429. The van der Waals surface area contributed by atoms with Crippen molar-refractivity contribution in [3.05, 3.63) is 57.6 Å². The highest BCUT2D eigenvalue weighted by atomic mass is 19.4. The van der Waals surface area contributed by atoms with Gasteiger partial charge < -0.3 is 11.5 Å². The van der Waals surface area contributed by atoms with Crippen molar-refractivity contribution in [1.29, 1.82) is 0 Å². The molecule has 2 aromatic carbocycles. The van der Waals surface area contributed by atoms with Crippen molar-refractivity contribution < 1.29 is 52.7 Å². The molecule has 0 spiro atoms. The second-order valence-corrected chi connectivity index (χ2v) is 11.7. The molecule has 0 unspecified atom stereocenters. The molecule has 4 rings (SSSR count). The first kappa shape index (κ1) is 34.1. The highest BCUT2D eigenvalue weighted by Gasteiger charge is 2.90. The Hall–Kier alpha value is -2.80. The molecule has 0 radical (unpaired) electrons. The summed E-state index contributed by atoms with van der Waals surface area (Å²) < 4.78 is 181. The highest BCUT2D eigenvalue weighted by Crippen LogP contribution is 2.64. The number of nitrogens with two attached hydrogens (primary N) is 2. The fourth-order valence-corrected chi connectivity index (χ4v) is 5.69. The lowest BCUT2D eigenvalue weighted by Gasteiger charge is -2.42. The minimum Gasteiger partial charge on any atom is -0.398 e. The Bertz CT molecular complexity index is 1290. The third-order valence-corrected chi connectivity index (χ3v) is 9.14. The van der Waals surface area contributed by atoms with Crippen molar-refractivity contribution in [2.45, 2.75) is 113 Å². The normalized spacial score (nSPS) is 17.9. The number of alkyl halides is 12. The maximum Gasteiger partial charge on any atom is 0.385 e. The molecule has 14 heteroatoms. The summed E-state index contributed by atoms with van der Waals surface area (Å²) in [5.41, 5.74) is 7.33. The lowest BCUT2D eigenvalue weighted by Crippen LogP contribution is -2.69. The van der Waals surface area contributed by atoms with E-state index in [-0.39, 0.29) is 46.5 Å². The number of rotatable bonds is 11. The minimum atomic E-state index is -7.68. The van der Waals surface area contributed by atoms with E-state index in [1.165, 1.54) is 13.8 Å². The van der Waals surface area contributed by atoms with E-state index in [2.05, 4.69) is 0 Å². The minimum absolute atomic E-state index is 0.0838. The molecule has 0 heterocycles. The molecule has 246 valence electrons. The predicted molar refractivity (Wildman–Crippen MR) is 141 cm³/mol. The van der Waals surface area contributed by atoms with Gasteiger partial charge in [0.1, 0.15) is 0 Å². The molecule has 2 aliphatic carbocycles. The van der Waals surface area contributed by atoms with Gasteiger partial charge in [-0.2, -0.15) is 52.7 Å². The zero-order chi connectivity index (χ0) is 33.3. The van der Waals surface area contributed by atoms with Gasteiger partial charge in [-0.1, -0.05) is 26.7 Å². The van der Waals surface area contributed by atoms with Crippen LogP contribution < -0.4 is 11.5 Å². The topological polar surface area (TPSA) is 52.0 Å². The maximum atomic E-state index is 15.3. The summed E-state index contributed by atoms with van der Waals surface area (Å²) >= 11 is 0. The van der Waals surface area contributed by atoms with E-state index in [1.54, 1.807) is 0 Å². The van der Waals surface area contributed by atoms with Gasteiger partial charge >= 0.3 is 35.5 Å². The molecule has 0 amide bonds. The van der Waals surface area contributed by atoms with Crippen LogP contribution in [-0.4, -0.2) is 23.7 Å². The van der Waals surface area contributed by atoms with Crippen molar-refractivity contribution in [1.82, 2.24) is 0 Å². The summed E-state index contributed by atoms with van der Waals surface area (Å²) in [4.78, 5) is 0. The van der Waals surface area contributed by atoms with E-state index in [0.29, 0.717) is 62.8 Å². The SMILES string of the molecule is CCc1cc(C(F)(F)C(F)(F)C(F)(F)C(F)(F)C(F)(F)C(F)(F)c2cc(CC)c(N)c(C3CCC3)c2)cc(C2CCC2)c1N. The molecule has 2 saturated carbocycles. The van der Waals surface area contributed by atoms with E-state index in [1.807, 2.05) is 0 Å². The second-order valence-electron chi connectivity index (χ2n) is 11.7. The van der Waals surface area contributed by atoms with Gasteiger partial charge in [-0.3, -0.25) is 0 Å². The number of hydrogen-bond donors (Lipinski definition) is 2. The summed E-state index contributed by atoms with van der Waals surface area (Å²) in [6, 6.07) is 1.32. The fraction of sp³-hybridized carbons (Fsp3) is 0.600. The third-order valence-electron chi connectivity index (χ3n) is 9.14. The number of aryl methyl sites for hydroxylation is 2. The first-order chi connectivity index (χ1) is 20.1. The molecule has 2 aliphatic rings. The van der Waals surface area contributed by atoms with E-state index >= 15 is 35.1 Å². The molecule has 44 heavy (non-hydrogen) atoms. The second kappa shape index (κ2) is 10.9. The Morgan fingerprint density at radius 3 is 1.05 bits per heavy atom. The van der Waals surface area contributed by atoms with Crippen LogP contribution in [0.1, 0.15) is 97.6 Å². The van der Waals surface area contributed by atoms with Gasteiger partial charge in [0.05, 0.1) is 0 Å². The van der Waals surface area contributed by atoms with Crippen molar-refractivity contribution in [2.24, 2.45) is 0 Å². The van der Waals surface area contributed by atoms with Crippen LogP contribution in [0.25, 0.3) is 0 Å². The number of benzene rings is 2. The van der Waals surface area contributed by atoms with Gasteiger partial charge in [-0.25, -0.2) is 0 Å². The van der Waals surface area contributed by atoms with Crippen LogP contribution in [0.3, 0.4) is 0 Å². The molecular weight excluding hydrogens is 616 g/mol. The fourth-order valence-electron chi connectivity index (χ4n) is 5.69. The average Bonchev–Trinajstić information content (AvgIpc) is 2.88. The molecule has 2 fully saturated rings. The zero-order valence-corrected chi connectivity index (χ0v) is 23.8. The number of halogens is 12. The Morgan fingerprint density at radius 2 is 0.818 bits per heavy atom. The quantitative estimate of drug-likeness (QED) is 0.188. The molecule has 0 saturated heterocycles. The van der Waals surface area contributed by atoms with Gasteiger partial charge in [0, 0.05) is 22.5 Å². The van der Waals surface area contributed by atoms with Crippen LogP contribution in [-0.2, 0) is 24.7 Å². The van der Waals surface area contributed by atoms with E-state index in [4.69, 9.17) is 11.5 Å². The standard InChI is InChI=1S/C30H32F12N2/c1-3-15-11-19(13-21(23(15)43)17-7-5-8-17)25(31,32)27(35,36)29(39,40)30(41,42)28(37,38)26(33,34)20-12-16(4-2)24(44)22(14-20)18-9-6-10-18/h11-14,17-18H,3-10,43-44H2,1-2H3. The number of hydrogen-bond acceptors (Lipinski definition) is 2. The molecular formula is C30H32F12N2. The number of anilines is 2.